The third-order valence-electron chi connectivity index (χ3n) is 3.71. The summed E-state index contributed by atoms with van der Waals surface area (Å²) in [6.45, 7) is 8.64. The van der Waals surface area contributed by atoms with Gasteiger partial charge in [0.05, 0.1) is 23.5 Å². The lowest BCUT2D eigenvalue weighted by atomic mass is 9.97. The number of ether oxygens (including phenoxy) is 1. The lowest BCUT2D eigenvalue weighted by Gasteiger charge is -2.30. The van der Waals surface area contributed by atoms with Gasteiger partial charge in [-0.3, -0.25) is 0 Å². The monoisotopic (exact) mass is 294 g/mol. The number of rotatable bonds is 5. The molecule has 0 aliphatic carbocycles. The topological polar surface area (TPSA) is 27.1 Å². The molecule has 0 bridgehead atoms. The first-order valence-corrected chi connectivity index (χ1v) is 7.55. The zero-order chi connectivity index (χ0) is 14.9. The van der Waals surface area contributed by atoms with Crippen molar-refractivity contribution in [3.05, 3.63) is 24.0 Å². The van der Waals surface area contributed by atoms with E-state index in [4.69, 9.17) is 21.3 Å². The Labute approximate surface area is 125 Å². The Morgan fingerprint density at radius 2 is 2.10 bits per heavy atom. The average molecular weight is 295 g/mol. The maximum atomic E-state index is 6.35. The number of nitrogens with zero attached hydrogens (tertiary/aromatic N) is 2. The summed E-state index contributed by atoms with van der Waals surface area (Å²) in [5, 5.41) is -0.121. The number of alkyl halides is 1. The number of fused-ring (bicyclic) bond motifs is 1. The van der Waals surface area contributed by atoms with Gasteiger partial charge >= 0.3 is 0 Å². The van der Waals surface area contributed by atoms with E-state index < -0.39 is 0 Å². The first-order chi connectivity index (χ1) is 9.40. The second kappa shape index (κ2) is 5.65. The van der Waals surface area contributed by atoms with Crippen LogP contribution in [0, 0.1) is 0 Å². The van der Waals surface area contributed by atoms with Crippen molar-refractivity contribution in [1.29, 1.82) is 0 Å². The van der Waals surface area contributed by atoms with E-state index >= 15 is 0 Å². The van der Waals surface area contributed by atoms with Crippen LogP contribution in [-0.4, -0.2) is 16.7 Å². The molecule has 3 nitrogen and oxygen atoms in total. The van der Waals surface area contributed by atoms with E-state index in [1.54, 1.807) is 7.11 Å². The molecule has 1 aromatic carbocycles. The summed E-state index contributed by atoms with van der Waals surface area (Å²) in [7, 11) is 1.68. The molecule has 0 radical (unpaired) electrons. The predicted molar refractivity (Wildman–Crippen MR) is 84.8 cm³/mol. The van der Waals surface area contributed by atoms with E-state index in [1.807, 2.05) is 25.1 Å². The Morgan fingerprint density at radius 1 is 1.40 bits per heavy atom. The van der Waals surface area contributed by atoms with E-state index in [0.717, 1.165) is 35.4 Å². The molecule has 2 rings (SSSR count). The van der Waals surface area contributed by atoms with Gasteiger partial charge in [-0.25, -0.2) is 4.98 Å². The second-order valence-electron chi connectivity index (χ2n) is 5.84. The number of benzene rings is 1. The predicted octanol–water partition coefficient (Wildman–Crippen LogP) is 4.88. The second-order valence-corrected chi connectivity index (χ2v) is 6.49. The third-order valence-corrected chi connectivity index (χ3v) is 3.91. The van der Waals surface area contributed by atoms with E-state index in [2.05, 4.69) is 25.3 Å². The molecule has 0 N–H and O–H groups in total. The highest BCUT2D eigenvalue weighted by molar-refractivity contribution is 6.20. The minimum atomic E-state index is -0.121. The lowest BCUT2D eigenvalue weighted by Crippen LogP contribution is -2.28. The molecule has 1 atom stereocenters. The SMILES string of the molecule is CCCC(C)(C)n1c(C(C)Cl)nc2ccc(OC)cc21. The van der Waals surface area contributed by atoms with Gasteiger partial charge in [0.1, 0.15) is 11.6 Å². The van der Waals surface area contributed by atoms with Gasteiger partial charge < -0.3 is 9.30 Å². The number of hydrogen-bond acceptors (Lipinski definition) is 2. The Bertz CT molecular complexity index is 602. The zero-order valence-electron chi connectivity index (χ0n) is 12.9. The molecule has 0 aliphatic heterocycles. The molecule has 110 valence electrons. The Morgan fingerprint density at radius 3 is 2.65 bits per heavy atom. The van der Waals surface area contributed by atoms with Gasteiger partial charge in [0.25, 0.3) is 0 Å². The van der Waals surface area contributed by atoms with Gasteiger partial charge in [0, 0.05) is 11.6 Å². The highest BCUT2D eigenvalue weighted by atomic mass is 35.5. The normalized spacial score (nSPS) is 13.7. The number of hydrogen-bond donors (Lipinski definition) is 0. The van der Waals surface area contributed by atoms with Gasteiger partial charge in [-0.05, 0) is 39.3 Å². The van der Waals surface area contributed by atoms with Crippen LogP contribution >= 0.6 is 11.6 Å². The zero-order valence-corrected chi connectivity index (χ0v) is 13.7. The summed E-state index contributed by atoms with van der Waals surface area (Å²) in [6, 6.07) is 5.98. The van der Waals surface area contributed by atoms with Crippen molar-refractivity contribution in [2.24, 2.45) is 0 Å². The van der Waals surface area contributed by atoms with E-state index in [0.29, 0.717) is 0 Å². The molecule has 2 aromatic rings. The molecule has 0 fully saturated rings. The van der Waals surface area contributed by atoms with Crippen LogP contribution < -0.4 is 4.74 Å². The van der Waals surface area contributed by atoms with Crippen LogP contribution in [-0.2, 0) is 5.54 Å². The molecule has 0 saturated heterocycles. The van der Waals surface area contributed by atoms with Crippen LogP contribution in [0.2, 0.25) is 0 Å². The number of methoxy groups -OCH3 is 1. The average Bonchev–Trinajstić information content (AvgIpc) is 2.77. The molecular weight excluding hydrogens is 272 g/mol. The van der Waals surface area contributed by atoms with Crippen LogP contribution in [0.15, 0.2) is 18.2 Å². The van der Waals surface area contributed by atoms with Crippen LogP contribution in [0.1, 0.15) is 51.7 Å². The van der Waals surface area contributed by atoms with Crippen LogP contribution in [0.4, 0.5) is 0 Å². The fraction of sp³-hybridized carbons (Fsp3) is 0.562. The summed E-state index contributed by atoms with van der Waals surface area (Å²) in [6.07, 6.45) is 2.19. The standard InChI is InChI=1S/C16H23ClN2O/c1-6-9-16(3,4)19-14-10-12(20-5)7-8-13(14)18-15(19)11(2)17/h7-8,10-11H,6,9H2,1-5H3. The highest BCUT2D eigenvalue weighted by Gasteiger charge is 2.27. The van der Waals surface area contributed by atoms with Crippen LogP contribution in [0.5, 0.6) is 5.75 Å². The molecule has 1 heterocycles. The molecular formula is C16H23ClN2O. The van der Waals surface area contributed by atoms with Crippen LogP contribution in [0.3, 0.4) is 0 Å². The smallest absolute Gasteiger partial charge is 0.128 e. The summed E-state index contributed by atoms with van der Waals surface area (Å²) in [5.74, 6) is 1.77. The maximum absolute atomic E-state index is 6.35. The van der Waals surface area contributed by atoms with Crippen molar-refractivity contribution < 1.29 is 4.74 Å². The number of aromatic nitrogens is 2. The maximum Gasteiger partial charge on any atom is 0.128 e. The fourth-order valence-electron chi connectivity index (χ4n) is 2.83. The fourth-order valence-corrected chi connectivity index (χ4v) is 2.97. The number of imidazole rings is 1. The Balaban J connectivity index is 2.72. The molecule has 20 heavy (non-hydrogen) atoms. The summed E-state index contributed by atoms with van der Waals surface area (Å²) in [5.41, 5.74) is 2.04. The van der Waals surface area contributed by atoms with Crippen molar-refractivity contribution in [3.8, 4) is 5.75 Å². The first kappa shape index (κ1) is 15.2. The minimum absolute atomic E-state index is 0.0195. The van der Waals surface area contributed by atoms with Crippen molar-refractivity contribution in [2.45, 2.75) is 51.5 Å². The summed E-state index contributed by atoms with van der Waals surface area (Å²) in [4.78, 5) is 4.71. The van der Waals surface area contributed by atoms with Gasteiger partial charge in [0.2, 0.25) is 0 Å². The highest BCUT2D eigenvalue weighted by Crippen LogP contribution is 2.34. The molecule has 4 heteroatoms. The van der Waals surface area contributed by atoms with Gasteiger partial charge in [0.15, 0.2) is 0 Å². The molecule has 0 amide bonds. The number of halogens is 1. The Hall–Kier alpha value is -1.22. The van der Waals surface area contributed by atoms with Crippen molar-refractivity contribution in [2.75, 3.05) is 7.11 Å². The first-order valence-electron chi connectivity index (χ1n) is 7.11. The van der Waals surface area contributed by atoms with Crippen molar-refractivity contribution in [3.63, 3.8) is 0 Å². The van der Waals surface area contributed by atoms with Crippen molar-refractivity contribution >= 4 is 22.6 Å². The quantitative estimate of drug-likeness (QED) is 0.735. The molecule has 0 spiro atoms. The van der Waals surface area contributed by atoms with E-state index in [1.165, 1.54) is 0 Å². The molecule has 0 aliphatic rings. The molecule has 1 unspecified atom stereocenters. The van der Waals surface area contributed by atoms with Crippen molar-refractivity contribution in [1.82, 2.24) is 9.55 Å². The molecule has 0 saturated carbocycles. The van der Waals surface area contributed by atoms with Gasteiger partial charge in [-0.2, -0.15) is 0 Å². The van der Waals surface area contributed by atoms with Gasteiger partial charge in [-0.15, -0.1) is 11.6 Å². The largest absolute Gasteiger partial charge is 0.497 e. The van der Waals surface area contributed by atoms with Gasteiger partial charge in [-0.1, -0.05) is 13.3 Å². The summed E-state index contributed by atoms with van der Waals surface area (Å²) >= 11 is 6.35. The Kier molecular flexibility index (Phi) is 4.28. The summed E-state index contributed by atoms with van der Waals surface area (Å²) < 4.78 is 7.62. The minimum Gasteiger partial charge on any atom is -0.497 e. The van der Waals surface area contributed by atoms with E-state index in [9.17, 15) is 0 Å². The van der Waals surface area contributed by atoms with Crippen LogP contribution in [0.25, 0.3) is 11.0 Å². The van der Waals surface area contributed by atoms with E-state index in [-0.39, 0.29) is 10.9 Å². The lowest BCUT2D eigenvalue weighted by molar-refractivity contribution is 0.323. The molecule has 1 aromatic heterocycles. The third kappa shape index (κ3) is 2.64.